The van der Waals surface area contributed by atoms with Gasteiger partial charge in [0, 0.05) is 5.39 Å². The van der Waals surface area contributed by atoms with Gasteiger partial charge >= 0.3 is 5.97 Å². The Bertz CT molecular complexity index is 1250. The molecule has 12 nitrogen and oxygen atoms in total. The van der Waals surface area contributed by atoms with Gasteiger partial charge < -0.3 is 54.7 Å². The quantitative estimate of drug-likeness (QED) is 0.233. The summed E-state index contributed by atoms with van der Waals surface area (Å²) in [4.78, 5) is 12.4. The Morgan fingerprint density at radius 1 is 0.889 bits per heavy atom. The first-order valence-electron chi connectivity index (χ1n) is 10.7. The summed E-state index contributed by atoms with van der Waals surface area (Å²) in [5.74, 6) is -2.58. The van der Waals surface area contributed by atoms with E-state index < -0.39 is 54.8 Å². The number of carbonyl (C=O) groups excluding carboxylic acids is 1. The van der Waals surface area contributed by atoms with Crippen molar-refractivity contribution in [2.75, 3.05) is 13.7 Å². The lowest BCUT2D eigenvalue weighted by atomic mass is 9.99. The maximum Gasteiger partial charge on any atom is 0.338 e. The van der Waals surface area contributed by atoms with E-state index in [-0.39, 0.29) is 39.3 Å². The van der Waals surface area contributed by atoms with Crippen molar-refractivity contribution in [3.63, 3.8) is 0 Å². The summed E-state index contributed by atoms with van der Waals surface area (Å²) in [5, 5.41) is 71.5. The van der Waals surface area contributed by atoms with Crippen molar-refractivity contribution in [3.05, 3.63) is 48.0 Å². The molecule has 3 aromatic rings. The monoisotopic (exact) mass is 504 g/mol. The number of fused-ring (bicyclic) bond motifs is 1. The lowest BCUT2D eigenvalue weighted by Gasteiger charge is -2.40. The van der Waals surface area contributed by atoms with Crippen LogP contribution in [0.15, 0.2) is 42.5 Å². The van der Waals surface area contributed by atoms with Crippen LogP contribution in [-0.4, -0.2) is 86.1 Å². The number of hydrogen-bond donors (Lipinski definition) is 7. The molecule has 1 aliphatic heterocycles. The van der Waals surface area contributed by atoms with Gasteiger partial charge in [-0.1, -0.05) is 12.1 Å². The van der Waals surface area contributed by atoms with E-state index in [1.165, 1.54) is 37.4 Å². The number of phenolic OH excluding ortho intramolecular Hbond substituents is 4. The first-order chi connectivity index (χ1) is 17.1. The average molecular weight is 504 g/mol. The maximum absolute atomic E-state index is 12.4. The summed E-state index contributed by atoms with van der Waals surface area (Å²) in [6, 6.07) is 9.05. The van der Waals surface area contributed by atoms with Crippen LogP contribution in [0.3, 0.4) is 0 Å². The second-order valence-electron chi connectivity index (χ2n) is 8.06. The number of ether oxygens (including phenoxy) is 4. The molecule has 1 fully saturated rings. The van der Waals surface area contributed by atoms with Crippen LogP contribution in [0.25, 0.3) is 10.8 Å². The third-order valence-electron chi connectivity index (χ3n) is 5.74. The lowest BCUT2D eigenvalue weighted by Crippen LogP contribution is -2.60. The number of methoxy groups -OCH3 is 1. The highest BCUT2D eigenvalue weighted by Crippen LogP contribution is 2.40. The zero-order valence-electron chi connectivity index (χ0n) is 18.8. The number of esters is 1. The number of benzene rings is 3. The third-order valence-corrected chi connectivity index (χ3v) is 5.74. The molecule has 0 saturated carbocycles. The van der Waals surface area contributed by atoms with Crippen molar-refractivity contribution in [2.24, 2.45) is 0 Å². The minimum atomic E-state index is -1.75. The van der Waals surface area contributed by atoms with Gasteiger partial charge in [0.1, 0.15) is 48.3 Å². The fraction of sp³-hybridized carbons (Fsp3) is 0.292. The molecule has 0 amide bonds. The Hall–Kier alpha value is -3.97. The van der Waals surface area contributed by atoms with Crippen molar-refractivity contribution < 1.29 is 59.5 Å². The molecule has 0 aliphatic carbocycles. The zero-order chi connectivity index (χ0) is 26.1. The Kier molecular flexibility index (Phi) is 6.95. The van der Waals surface area contributed by atoms with Crippen LogP contribution >= 0.6 is 0 Å². The molecule has 3 aromatic carbocycles. The maximum atomic E-state index is 12.4. The highest BCUT2D eigenvalue weighted by Gasteiger charge is 2.45. The van der Waals surface area contributed by atoms with Crippen molar-refractivity contribution in [1.82, 2.24) is 0 Å². The molecule has 0 spiro atoms. The molecule has 4 rings (SSSR count). The van der Waals surface area contributed by atoms with Crippen LogP contribution in [0.4, 0.5) is 0 Å². The topological polar surface area (TPSA) is 196 Å². The van der Waals surface area contributed by atoms with Gasteiger partial charge in [-0.2, -0.15) is 0 Å². The molecule has 7 N–H and O–H groups in total. The van der Waals surface area contributed by atoms with Crippen LogP contribution in [0.5, 0.6) is 34.5 Å². The Labute approximate surface area is 203 Å². The predicted octanol–water partition coefficient (Wildman–Crippen LogP) is 0.714. The van der Waals surface area contributed by atoms with E-state index in [2.05, 4.69) is 0 Å². The Morgan fingerprint density at radius 2 is 1.58 bits per heavy atom. The minimum Gasteiger partial charge on any atom is -0.507 e. The zero-order valence-corrected chi connectivity index (χ0v) is 18.8. The van der Waals surface area contributed by atoms with E-state index in [0.717, 1.165) is 12.1 Å². The van der Waals surface area contributed by atoms with E-state index in [9.17, 15) is 40.5 Å². The molecule has 1 aliphatic rings. The van der Waals surface area contributed by atoms with E-state index in [4.69, 9.17) is 18.9 Å². The molecule has 0 aromatic heterocycles. The van der Waals surface area contributed by atoms with Crippen LogP contribution in [0.1, 0.15) is 10.4 Å². The number of rotatable bonds is 6. The normalized spacial score (nSPS) is 23.8. The van der Waals surface area contributed by atoms with Gasteiger partial charge in [0.05, 0.1) is 18.1 Å². The van der Waals surface area contributed by atoms with Gasteiger partial charge in [0.15, 0.2) is 11.5 Å². The third kappa shape index (κ3) is 4.62. The number of aliphatic hydroxyl groups is 3. The van der Waals surface area contributed by atoms with Gasteiger partial charge in [0.25, 0.3) is 0 Å². The standard InChI is InChI=1S/C24H24O12/c1-33-22-14(27)7-10(8-15(22)28)23(32)34-9-17-19(29)20(30)21(31)24(36-17)35-16-6-5-12(25)11-3-2-4-13(26)18(11)16/h2-8,17,19-21,24-31H,9H2,1H3/t17-,19-,20+,21-,24-/m1/s1. The molecule has 12 heteroatoms. The van der Waals surface area contributed by atoms with E-state index in [0.29, 0.717) is 0 Å². The van der Waals surface area contributed by atoms with Crippen LogP contribution in [0.2, 0.25) is 0 Å². The predicted molar refractivity (Wildman–Crippen MR) is 121 cm³/mol. The van der Waals surface area contributed by atoms with Crippen LogP contribution in [0, 0.1) is 0 Å². The fourth-order valence-corrected chi connectivity index (χ4v) is 3.88. The Morgan fingerprint density at radius 3 is 2.25 bits per heavy atom. The van der Waals surface area contributed by atoms with Crippen LogP contribution < -0.4 is 9.47 Å². The van der Waals surface area contributed by atoms with Gasteiger partial charge in [0.2, 0.25) is 12.0 Å². The average Bonchev–Trinajstić information content (AvgIpc) is 2.85. The second kappa shape index (κ2) is 9.95. The van der Waals surface area contributed by atoms with E-state index in [1.54, 1.807) is 0 Å². The Balaban J connectivity index is 1.51. The van der Waals surface area contributed by atoms with Crippen molar-refractivity contribution in [2.45, 2.75) is 30.7 Å². The molecule has 0 bridgehead atoms. The number of aromatic hydroxyl groups is 4. The van der Waals surface area contributed by atoms with E-state index >= 15 is 0 Å². The first-order valence-corrected chi connectivity index (χ1v) is 10.7. The van der Waals surface area contributed by atoms with E-state index in [1.807, 2.05) is 0 Å². The number of hydrogen-bond acceptors (Lipinski definition) is 12. The summed E-state index contributed by atoms with van der Waals surface area (Å²) in [7, 11) is 1.22. The van der Waals surface area contributed by atoms with Gasteiger partial charge in [-0.05, 0) is 30.3 Å². The summed E-state index contributed by atoms with van der Waals surface area (Å²) < 4.78 is 21.1. The van der Waals surface area contributed by atoms with Crippen molar-refractivity contribution in [3.8, 4) is 34.5 Å². The van der Waals surface area contributed by atoms with Gasteiger partial charge in [-0.25, -0.2) is 4.79 Å². The van der Waals surface area contributed by atoms with Crippen molar-refractivity contribution in [1.29, 1.82) is 0 Å². The summed E-state index contributed by atoms with van der Waals surface area (Å²) in [6.45, 7) is -0.598. The van der Waals surface area contributed by atoms with Gasteiger partial charge in [-0.15, -0.1) is 0 Å². The number of aliphatic hydroxyl groups excluding tert-OH is 3. The molecular formula is C24H24O12. The molecule has 1 heterocycles. The smallest absolute Gasteiger partial charge is 0.338 e. The lowest BCUT2D eigenvalue weighted by molar-refractivity contribution is -0.277. The number of phenols is 4. The highest BCUT2D eigenvalue weighted by atomic mass is 16.7. The molecule has 1 saturated heterocycles. The van der Waals surface area contributed by atoms with Crippen molar-refractivity contribution >= 4 is 16.7 Å². The molecule has 5 atom stereocenters. The first kappa shape index (κ1) is 25.1. The molecule has 0 unspecified atom stereocenters. The fourth-order valence-electron chi connectivity index (χ4n) is 3.88. The molecule has 36 heavy (non-hydrogen) atoms. The summed E-state index contributed by atoms with van der Waals surface area (Å²) in [6.07, 6.45) is -8.06. The van der Waals surface area contributed by atoms with Crippen LogP contribution in [-0.2, 0) is 9.47 Å². The molecule has 0 radical (unpaired) electrons. The largest absolute Gasteiger partial charge is 0.507 e. The minimum absolute atomic E-state index is 0.00784. The second-order valence-corrected chi connectivity index (χ2v) is 8.06. The molecule has 192 valence electrons. The number of carbonyl (C=O) groups is 1. The highest BCUT2D eigenvalue weighted by molar-refractivity contribution is 5.97. The summed E-state index contributed by atoms with van der Waals surface area (Å²) in [5.41, 5.74) is -0.226. The SMILES string of the molecule is COc1c(O)cc(C(=O)OC[C@H]2O[C@@H](Oc3ccc(O)c4cccc(O)c34)[C@H](O)[C@@H](O)[C@@H]2O)cc1O. The molecular weight excluding hydrogens is 480 g/mol. The van der Waals surface area contributed by atoms with Gasteiger partial charge in [-0.3, -0.25) is 0 Å². The summed E-state index contributed by atoms with van der Waals surface area (Å²) >= 11 is 0.